The Balaban J connectivity index is 1.65. The lowest BCUT2D eigenvalue weighted by atomic mass is 10.1. The molecule has 1 amide bonds. The highest BCUT2D eigenvalue weighted by Crippen LogP contribution is 2.18. The van der Waals surface area contributed by atoms with Gasteiger partial charge in [0.05, 0.1) is 18.3 Å². The van der Waals surface area contributed by atoms with Crippen LogP contribution in [0.1, 0.15) is 40.9 Å². The first-order valence-electron chi connectivity index (χ1n) is 8.98. The molecule has 1 saturated heterocycles. The van der Waals surface area contributed by atoms with Gasteiger partial charge in [-0.15, -0.1) is 0 Å². The fourth-order valence-electron chi connectivity index (χ4n) is 3.47. The Labute approximate surface area is 149 Å². The monoisotopic (exact) mass is 341 g/mol. The molecular formula is C20H27N3O2. The SMILES string of the molecule is Cc1ccc(Cn2nc(C)c(CCC(=O)N3CC[C@@H](O)C3)c2C)cc1. The second kappa shape index (κ2) is 7.40. The van der Waals surface area contributed by atoms with Crippen molar-refractivity contribution in [2.45, 2.75) is 52.7 Å². The number of benzene rings is 1. The predicted octanol–water partition coefficient (Wildman–Crippen LogP) is 2.38. The molecular weight excluding hydrogens is 314 g/mol. The standard InChI is InChI=1S/C20H27N3O2/c1-14-4-6-17(7-5-14)12-23-16(3)19(15(2)21-23)8-9-20(25)22-11-10-18(24)13-22/h4-7,18,24H,8-13H2,1-3H3/t18-/m1/s1. The van der Waals surface area contributed by atoms with Crippen LogP contribution in [0.4, 0.5) is 0 Å². The summed E-state index contributed by atoms with van der Waals surface area (Å²) in [5.41, 5.74) is 5.78. The van der Waals surface area contributed by atoms with Crippen LogP contribution in [0, 0.1) is 20.8 Å². The minimum Gasteiger partial charge on any atom is -0.391 e. The summed E-state index contributed by atoms with van der Waals surface area (Å²) < 4.78 is 2.03. The lowest BCUT2D eigenvalue weighted by Gasteiger charge is -2.15. The Bertz CT molecular complexity index is 749. The van der Waals surface area contributed by atoms with Crippen LogP contribution in [0.5, 0.6) is 0 Å². The Morgan fingerprint density at radius 3 is 2.60 bits per heavy atom. The van der Waals surface area contributed by atoms with E-state index >= 15 is 0 Å². The number of aliphatic hydroxyl groups excluding tert-OH is 1. The number of hydrogen-bond acceptors (Lipinski definition) is 3. The van der Waals surface area contributed by atoms with Gasteiger partial charge < -0.3 is 10.0 Å². The molecule has 1 aliphatic rings. The zero-order valence-corrected chi connectivity index (χ0v) is 15.3. The zero-order chi connectivity index (χ0) is 18.0. The largest absolute Gasteiger partial charge is 0.391 e. The molecule has 0 bridgehead atoms. The van der Waals surface area contributed by atoms with Gasteiger partial charge in [-0.3, -0.25) is 9.48 Å². The minimum absolute atomic E-state index is 0.127. The van der Waals surface area contributed by atoms with E-state index in [1.807, 2.05) is 11.6 Å². The second-order valence-corrected chi connectivity index (χ2v) is 7.07. The summed E-state index contributed by atoms with van der Waals surface area (Å²) in [7, 11) is 0. The summed E-state index contributed by atoms with van der Waals surface area (Å²) in [6.45, 7) is 8.07. The number of aliphatic hydroxyl groups is 1. The fourth-order valence-corrected chi connectivity index (χ4v) is 3.47. The van der Waals surface area contributed by atoms with Crippen LogP contribution in [0.25, 0.3) is 0 Å². The van der Waals surface area contributed by atoms with E-state index in [9.17, 15) is 9.90 Å². The first-order chi connectivity index (χ1) is 11.9. The van der Waals surface area contributed by atoms with E-state index in [0.717, 1.165) is 17.9 Å². The Morgan fingerprint density at radius 1 is 1.24 bits per heavy atom. The molecule has 3 rings (SSSR count). The molecule has 0 radical (unpaired) electrons. The number of hydrogen-bond donors (Lipinski definition) is 1. The molecule has 1 aromatic heterocycles. The van der Waals surface area contributed by atoms with E-state index in [-0.39, 0.29) is 12.0 Å². The van der Waals surface area contributed by atoms with Gasteiger partial charge in [-0.2, -0.15) is 5.10 Å². The van der Waals surface area contributed by atoms with E-state index in [1.54, 1.807) is 4.90 Å². The van der Waals surface area contributed by atoms with Crippen molar-refractivity contribution in [3.63, 3.8) is 0 Å². The number of likely N-dealkylation sites (tertiary alicyclic amines) is 1. The Morgan fingerprint density at radius 2 is 1.96 bits per heavy atom. The van der Waals surface area contributed by atoms with Gasteiger partial charge in [0.25, 0.3) is 0 Å². The molecule has 0 unspecified atom stereocenters. The summed E-state index contributed by atoms with van der Waals surface area (Å²) in [6.07, 6.45) is 1.52. The maximum atomic E-state index is 12.3. The van der Waals surface area contributed by atoms with Gasteiger partial charge in [0.2, 0.25) is 5.91 Å². The van der Waals surface area contributed by atoms with Gasteiger partial charge in [0, 0.05) is 25.2 Å². The fraction of sp³-hybridized carbons (Fsp3) is 0.500. The molecule has 1 atom stereocenters. The van der Waals surface area contributed by atoms with Crippen molar-refractivity contribution < 1.29 is 9.90 Å². The molecule has 2 aromatic rings. The van der Waals surface area contributed by atoms with E-state index in [1.165, 1.54) is 16.7 Å². The normalized spacial score (nSPS) is 17.3. The summed E-state index contributed by atoms with van der Waals surface area (Å²) in [5, 5.41) is 14.2. The smallest absolute Gasteiger partial charge is 0.222 e. The number of amides is 1. The van der Waals surface area contributed by atoms with Crippen LogP contribution in [0.15, 0.2) is 24.3 Å². The van der Waals surface area contributed by atoms with Gasteiger partial charge in [-0.05, 0) is 44.7 Å². The predicted molar refractivity (Wildman–Crippen MR) is 97.5 cm³/mol. The third-order valence-electron chi connectivity index (χ3n) is 5.09. The Kier molecular flexibility index (Phi) is 5.23. The van der Waals surface area contributed by atoms with E-state index in [4.69, 9.17) is 0 Å². The highest BCUT2D eigenvalue weighted by atomic mass is 16.3. The number of nitrogens with zero attached hydrogens (tertiary/aromatic N) is 3. The number of aromatic nitrogens is 2. The summed E-state index contributed by atoms with van der Waals surface area (Å²) >= 11 is 0. The lowest BCUT2D eigenvalue weighted by Crippen LogP contribution is -2.29. The van der Waals surface area contributed by atoms with Crippen LogP contribution in [-0.2, 0) is 17.8 Å². The third kappa shape index (κ3) is 4.10. The second-order valence-electron chi connectivity index (χ2n) is 7.07. The number of aryl methyl sites for hydroxylation is 2. The van der Waals surface area contributed by atoms with Crippen LogP contribution < -0.4 is 0 Å². The molecule has 1 aromatic carbocycles. The minimum atomic E-state index is -0.357. The number of rotatable bonds is 5. The summed E-state index contributed by atoms with van der Waals surface area (Å²) in [4.78, 5) is 14.1. The molecule has 0 saturated carbocycles. The molecule has 1 aliphatic heterocycles. The van der Waals surface area contributed by atoms with Gasteiger partial charge in [-0.1, -0.05) is 29.8 Å². The van der Waals surface area contributed by atoms with Crippen LogP contribution in [0.3, 0.4) is 0 Å². The lowest BCUT2D eigenvalue weighted by molar-refractivity contribution is -0.130. The molecule has 134 valence electrons. The van der Waals surface area contributed by atoms with E-state index in [2.05, 4.69) is 43.2 Å². The van der Waals surface area contributed by atoms with Crippen LogP contribution in [-0.4, -0.2) is 44.9 Å². The maximum absolute atomic E-state index is 12.3. The average Bonchev–Trinajstić information content (AvgIpc) is 3.12. The van der Waals surface area contributed by atoms with Crippen molar-refractivity contribution in [3.8, 4) is 0 Å². The topological polar surface area (TPSA) is 58.4 Å². The molecule has 5 nitrogen and oxygen atoms in total. The molecule has 25 heavy (non-hydrogen) atoms. The average molecular weight is 341 g/mol. The first-order valence-corrected chi connectivity index (χ1v) is 8.98. The number of β-amino-alcohol motifs (C(OH)–C–C–N with tert-alkyl or cyclic N) is 1. The van der Waals surface area contributed by atoms with Gasteiger partial charge in [-0.25, -0.2) is 0 Å². The maximum Gasteiger partial charge on any atom is 0.222 e. The highest BCUT2D eigenvalue weighted by molar-refractivity contribution is 5.76. The number of carbonyl (C=O) groups excluding carboxylic acids is 1. The van der Waals surface area contributed by atoms with Crippen molar-refractivity contribution in [3.05, 3.63) is 52.3 Å². The van der Waals surface area contributed by atoms with Crippen LogP contribution in [0.2, 0.25) is 0 Å². The van der Waals surface area contributed by atoms with Gasteiger partial charge in [0.1, 0.15) is 0 Å². The quantitative estimate of drug-likeness (QED) is 0.908. The summed E-state index contributed by atoms with van der Waals surface area (Å²) in [5.74, 6) is 0.127. The first kappa shape index (κ1) is 17.7. The molecule has 1 N–H and O–H groups in total. The molecule has 1 fully saturated rings. The van der Waals surface area contributed by atoms with E-state index in [0.29, 0.717) is 32.4 Å². The van der Waals surface area contributed by atoms with Crippen molar-refractivity contribution in [1.82, 2.24) is 14.7 Å². The van der Waals surface area contributed by atoms with Crippen molar-refractivity contribution in [2.24, 2.45) is 0 Å². The van der Waals surface area contributed by atoms with E-state index < -0.39 is 0 Å². The third-order valence-corrected chi connectivity index (χ3v) is 5.09. The molecule has 0 spiro atoms. The number of carbonyl (C=O) groups is 1. The summed E-state index contributed by atoms with van der Waals surface area (Å²) in [6, 6.07) is 8.50. The zero-order valence-electron chi connectivity index (χ0n) is 15.3. The van der Waals surface area contributed by atoms with Crippen molar-refractivity contribution in [2.75, 3.05) is 13.1 Å². The van der Waals surface area contributed by atoms with Crippen molar-refractivity contribution in [1.29, 1.82) is 0 Å². The van der Waals surface area contributed by atoms with Gasteiger partial charge in [0.15, 0.2) is 0 Å². The molecule has 0 aliphatic carbocycles. The van der Waals surface area contributed by atoms with Crippen molar-refractivity contribution >= 4 is 5.91 Å². The highest BCUT2D eigenvalue weighted by Gasteiger charge is 2.24. The Hall–Kier alpha value is -2.14. The molecule has 5 heteroatoms. The van der Waals surface area contributed by atoms with Crippen LogP contribution >= 0.6 is 0 Å². The van der Waals surface area contributed by atoms with Gasteiger partial charge >= 0.3 is 0 Å². The molecule has 2 heterocycles.